The summed E-state index contributed by atoms with van der Waals surface area (Å²) in [6.07, 6.45) is 0. The number of ketones is 2. The number of anilines is 1. The molecule has 4 rings (SSSR count). The molecule has 3 aromatic rings. The molecule has 0 atom stereocenters. The highest BCUT2D eigenvalue weighted by Gasteiger charge is 2.33. The van der Waals surface area contributed by atoms with Gasteiger partial charge in [0.2, 0.25) is 5.78 Å². The van der Waals surface area contributed by atoms with E-state index < -0.39 is 11.6 Å². The van der Waals surface area contributed by atoms with Crippen molar-refractivity contribution in [2.24, 2.45) is 0 Å². The van der Waals surface area contributed by atoms with Crippen LogP contribution in [0.25, 0.3) is 16.5 Å². The van der Waals surface area contributed by atoms with Gasteiger partial charge in [0.1, 0.15) is 5.70 Å². The van der Waals surface area contributed by atoms with E-state index in [1.54, 1.807) is 24.3 Å². The monoisotopic (exact) mass is 329 g/mol. The van der Waals surface area contributed by atoms with E-state index >= 15 is 0 Å². The van der Waals surface area contributed by atoms with Gasteiger partial charge in [0.05, 0.1) is 0 Å². The Balaban J connectivity index is 1.87. The van der Waals surface area contributed by atoms with E-state index in [2.05, 4.69) is 5.32 Å². The summed E-state index contributed by atoms with van der Waals surface area (Å²) in [5.74, 6) is -1.56. The van der Waals surface area contributed by atoms with Gasteiger partial charge < -0.3 is 10.4 Å². The molecule has 0 radical (unpaired) electrons. The van der Waals surface area contributed by atoms with E-state index in [0.717, 1.165) is 16.3 Å². The van der Waals surface area contributed by atoms with Crippen LogP contribution < -0.4 is 5.32 Å². The standard InChI is InChI=1S/C21H15NO3/c1-12-6-8-15(9-7-12)22-18-19(23)16-10-13-4-2-3-5-14(13)11-17(16)20(24)21(18)25/h2-11,22-23H,1H3. The fourth-order valence-electron chi connectivity index (χ4n) is 3.00. The first-order valence-electron chi connectivity index (χ1n) is 7.94. The lowest BCUT2D eigenvalue weighted by Gasteiger charge is -2.19. The van der Waals surface area contributed by atoms with E-state index in [1.807, 2.05) is 43.3 Å². The van der Waals surface area contributed by atoms with Crippen molar-refractivity contribution in [3.8, 4) is 0 Å². The lowest BCUT2D eigenvalue weighted by molar-refractivity contribution is -0.111. The van der Waals surface area contributed by atoms with E-state index in [-0.39, 0.29) is 17.0 Å². The van der Waals surface area contributed by atoms with E-state index in [0.29, 0.717) is 11.3 Å². The van der Waals surface area contributed by atoms with Crippen LogP contribution in [0, 0.1) is 6.92 Å². The molecule has 2 N–H and O–H groups in total. The van der Waals surface area contributed by atoms with Gasteiger partial charge in [0, 0.05) is 16.8 Å². The zero-order chi connectivity index (χ0) is 17.6. The second-order valence-corrected chi connectivity index (χ2v) is 6.12. The van der Waals surface area contributed by atoms with Gasteiger partial charge >= 0.3 is 0 Å². The van der Waals surface area contributed by atoms with Gasteiger partial charge in [0.15, 0.2) is 5.76 Å². The first-order valence-corrected chi connectivity index (χ1v) is 7.94. The molecular formula is C21H15NO3. The molecule has 4 nitrogen and oxygen atoms in total. The number of hydrogen-bond donors (Lipinski definition) is 2. The van der Waals surface area contributed by atoms with Gasteiger partial charge in [-0.05, 0) is 42.0 Å². The third-order valence-corrected chi connectivity index (χ3v) is 4.38. The summed E-state index contributed by atoms with van der Waals surface area (Å²) in [6.45, 7) is 1.96. The number of Topliss-reactive ketones (excluding diaryl/α,β-unsaturated/α-hetero) is 2. The first kappa shape index (κ1) is 15.1. The zero-order valence-electron chi connectivity index (χ0n) is 13.5. The van der Waals surface area contributed by atoms with Crippen LogP contribution in [0.2, 0.25) is 0 Å². The van der Waals surface area contributed by atoms with Crippen LogP contribution in [0.3, 0.4) is 0 Å². The van der Waals surface area contributed by atoms with Crippen LogP contribution in [-0.4, -0.2) is 16.7 Å². The first-order chi connectivity index (χ1) is 12.0. The van der Waals surface area contributed by atoms with E-state index in [9.17, 15) is 14.7 Å². The number of rotatable bonds is 2. The van der Waals surface area contributed by atoms with Gasteiger partial charge in [-0.25, -0.2) is 0 Å². The number of aliphatic hydroxyl groups is 1. The molecular weight excluding hydrogens is 314 g/mol. The topological polar surface area (TPSA) is 66.4 Å². The molecule has 1 aliphatic rings. The third kappa shape index (κ3) is 2.48. The van der Waals surface area contributed by atoms with Crippen molar-refractivity contribution in [1.29, 1.82) is 0 Å². The van der Waals surface area contributed by atoms with Crippen molar-refractivity contribution >= 4 is 33.8 Å². The third-order valence-electron chi connectivity index (χ3n) is 4.38. The summed E-state index contributed by atoms with van der Waals surface area (Å²) in [5, 5.41) is 15.3. The summed E-state index contributed by atoms with van der Waals surface area (Å²) in [5.41, 5.74) is 2.23. The SMILES string of the molecule is Cc1ccc(NC2=C(O)c3cc4ccccc4cc3C(=O)C2=O)cc1. The summed E-state index contributed by atoms with van der Waals surface area (Å²) < 4.78 is 0. The Morgan fingerprint density at radius 3 is 2.04 bits per heavy atom. The molecule has 0 aromatic heterocycles. The maximum absolute atomic E-state index is 12.5. The Hall–Kier alpha value is -3.40. The maximum Gasteiger partial charge on any atom is 0.253 e. The predicted molar refractivity (Wildman–Crippen MR) is 97.6 cm³/mol. The Labute approximate surface area is 144 Å². The van der Waals surface area contributed by atoms with Crippen LogP contribution in [-0.2, 0) is 4.79 Å². The van der Waals surface area contributed by atoms with E-state index in [4.69, 9.17) is 0 Å². The Kier molecular flexibility index (Phi) is 3.39. The Morgan fingerprint density at radius 1 is 0.800 bits per heavy atom. The van der Waals surface area contributed by atoms with Crippen LogP contribution in [0.1, 0.15) is 21.5 Å². The number of nitrogens with one attached hydrogen (secondary N) is 1. The molecule has 3 aromatic carbocycles. The number of benzene rings is 3. The quantitative estimate of drug-likeness (QED) is 0.690. The molecule has 0 heterocycles. The van der Waals surface area contributed by atoms with Crippen molar-refractivity contribution in [1.82, 2.24) is 0 Å². The van der Waals surface area contributed by atoms with Gasteiger partial charge in [-0.3, -0.25) is 9.59 Å². The largest absolute Gasteiger partial charge is 0.505 e. The molecule has 0 unspecified atom stereocenters. The average molecular weight is 329 g/mol. The van der Waals surface area contributed by atoms with Gasteiger partial charge in [-0.2, -0.15) is 0 Å². The van der Waals surface area contributed by atoms with Gasteiger partial charge in [-0.1, -0.05) is 42.0 Å². The Bertz CT molecular complexity index is 1060. The second-order valence-electron chi connectivity index (χ2n) is 6.12. The highest BCUT2D eigenvalue weighted by atomic mass is 16.3. The number of carbonyl (C=O) groups excluding carboxylic acids is 2. The van der Waals surface area contributed by atoms with Crippen molar-refractivity contribution in [3.63, 3.8) is 0 Å². The highest BCUT2D eigenvalue weighted by Crippen LogP contribution is 2.32. The molecule has 4 heteroatoms. The normalized spacial score (nSPS) is 14.0. The van der Waals surface area contributed by atoms with Crippen molar-refractivity contribution < 1.29 is 14.7 Å². The minimum Gasteiger partial charge on any atom is -0.505 e. The van der Waals surface area contributed by atoms with Crippen molar-refractivity contribution in [2.75, 3.05) is 5.32 Å². The molecule has 25 heavy (non-hydrogen) atoms. The molecule has 0 spiro atoms. The smallest absolute Gasteiger partial charge is 0.253 e. The Morgan fingerprint density at radius 2 is 1.40 bits per heavy atom. The highest BCUT2D eigenvalue weighted by molar-refractivity contribution is 6.53. The molecule has 0 saturated carbocycles. The van der Waals surface area contributed by atoms with Crippen LogP contribution in [0.15, 0.2) is 66.4 Å². The van der Waals surface area contributed by atoms with E-state index in [1.165, 1.54) is 0 Å². The van der Waals surface area contributed by atoms with Crippen molar-refractivity contribution in [3.05, 3.63) is 83.1 Å². The number of allylic oxidation sites excluding steroid dienone is 1. The maximum atomic E-state index is 12.5. The molecule has 0 fully saturated rings. The molecule has 0 amide bonds. The molecule has 1 aliphatic carbocycles. The summed E-state index contributed by atoms with van der Waals surface area (Å²) in [6, 6.07) is 18.3. The number of aliphatic hydroxyl groups excluding tert-OH is 1. The van der Waals surface area contributed by atoms with Crippen LogP contribution >= 0.6 is 0 Å². The summed E-state index contributed by atoms with van der Waals surface area (Å²) in [7, 11) is 0. The lowest BCUT2D eigenvalue weighted by Crippen LogP contribution is -2.27. The average Bonchev–Trinajstić information content (AvgIpc) is 2.64. The number of carbonyl (C=O) groups is 2. The summed E-state index contributed by atoms with van der Waals surface area (Å²) >= 11 is 0. The lowest BCUT2D eigenvalue weighted by atomic mass is 9.89. The fraction of sp³-hybridized carbons (Fsp3) is 0.0476. The molecule has 0 bridgehead atoms. The minimum atomic E-state index is -0.735. The molecule has 122 valence electrons. The molecule has 0 saturated heterocycles. The van der Waals surface area contributed by atoms with Gasteiger partial charge in [-0.15, -0.1) is 0 Å². The number of aryl methyl sites for hydroxylation is 1. The second kappa shape index (κ2) is 5.60. The van der Waals surface area contributed by atoms with Gasteiger partial charge in [0.25, 0.3) is 5.78 Å². The summed E-state index contributed by atoms with van der Waals surface area (Å²) in [4.78, 5) is 25.0. The molecule has 0 aliphatic heterocycles. The van der Waals surface area contributed by atoms with Crippen LogP contribution in [0.5, 0.6) is 0 Å². The fourth-order valence-corrected chi connectivity index (χ4v) is 3.00. The zero-order valence-corrected chi connectivity index (χ0v) is 13.5. The predicted octanol–water partition coefficient (Wildman–Crippen LogP) is 4.25. The number of fused-ring (bicyclic) bond motifs is 2. The minimum absolute atomic E-state index is 0.0864. The van der Waals surface area contributed by atoms with Crippen LogP contribution in [0.4, 0.5) is 5.69 Å². The number of hydrogen-bond acceptors (Lipinski definition) is 4. The van der Waals surface area contributed by atoms with Crippen molar-refractivity contribution in [2.45, 2.75) is 6.92 Å².